The van der Waals surface area contributed by atoms with Crippen molar-refractivity contribution in [1.29, 1.82) is 5.26 Å². The molecule has 1 aromatic carbocycles. The highest BCUT2D eigenvalue weighted by molar-refractivity contribution is 7.10. The van der Waals surface area contributed by atoms with Crippen molar-refractivity contribution in [3.05, 3.63) is 57.8 Å². The van der Waals surface area contributed by atoms with Crippen LogP contribution >= 0.6 is 11.3 Å². The topological polar surface area (TPSA) is 44.1 Å². The van der Waals surface area contributed by atoms with Crippen molar-refractivity contribution in [1.82, 2.24) is 4.90 Å². The molecule has 1 amide bonds. The fourth-order valence-corrected chi connectivity index (χ4v) is 3.55. The maximum atomic E-state index is 12.6. The quantitative estimate of drug-likeness (QED) is 0.844. The molecule has 0 bridgehead atoms. The number of likely N-dealkylation sites (tertiary alicyclic amines) is 1. The fourth-order valence-electron chi connectivity index (χ4n) is 2.67. The third kappa shape index (κ3) is 2.33. The van der Waals surface area contributed by atoms with E-state index in [4.69, 9.17) is 5.26 Å². The highest BCUT2D eigenvalue weighted by Gasteiger charge is 2.31. The molecule has 1 aliphatic heterocycles. The molecule has 0 spiro atoms. The van der Waals surface area contributed by atoms with Crippen LogP contribution in [0.25, 0.3) is 0 Å². The number of hydrogen-bond donors (Lipinski definition) is 0. The monoisotopic (exact) mass is 282 g/mol. The first-order valence-corrected chi connectivity index (χ1v) is 7.52. The Hall–Kier alpha value is -2.12. The lowest BCUT2D eigenvalue weighted by molar-refractivity contribution is 0.0738. The molecule has 2 heterocycles. The lowest BCUT2D eigenvalue weighted by Gasteiger charge is -2.24. The lowest BCUT2D eigenvalue weighted by Crippen LogP contribution is -2.30. The molecular formula is C16H14N2OS. The molecule has 0 unspecified atom stereocenters. The summed E-state index contributed by atoms with van der Waals surface area (Å²) in [7, 11) is 0. The number of carbonyl (C=O) groups is 1. The second-order valence-electron chi connectivity index (χ2n) is 4.86. The summed E-state index contributed by atoms with van der Waals surface area (Å²) in [6.07, 6.45) is 2.05. The van der Waals surface area contributed by atoms with E-state index in [0.717, 1.165) is 19.4 Å². The van der Waals surface area contributed by atoms with Crippen molar-refractivity contribution in [3.63, 3.8) is 0 Å². The number of thiophene rings is 1. The van der Waals surface area contributed by atoms with Gasteiger partial charge in [-0.2, -0.15) is 5.26 Å². The van der Waals surface area contributed by atoms with Gasteiger partial charge in [-0.15, -0.1) is 11.3 Å². The first-order chi connectivity index (χ1) is 9.79. The smallest absolute Gasteiger partial charge is 0.254 e. The van der Waals surface area contributed by atoms with E-state index in [-0.39, 0.29) is 11.9 Å². The van der Waals surface area contributed by atoms with Crippen LogP contribution in [0.3, 0.4) is 0 Å². The number of benzene rings is 1. The number of carbonyl (C=O) groups excluding carboxylic acids is 1. The predicted molar refractivity (Wildman–Crippen MR) is 78.5 cm³/mol. The SMILES string of the molecule is N#Cc1cccc(C(=O)N2CCC[C@H]2c2cccs2)c1. The summed E-state index contributed by atoms with van der Waals surface area (Å²) < 4.78 is 0. The number of nitriles is 1. The van der Waals surface area contributed by atoms with E-state index in [2.05, 4.69) is 12.1 Å². The normalized spacial score (nSPS) is 17.9. The Morgan fingerprint density at radius 2 is 2.25 bits per heavy atom. The minimum atomic E-state index is 0.0259. The van der Waals surface area contributed by atoms with Crippen LogP contribution in [0.5, 0.6) is 0 Å². The van der Waals surface area contributed by atoms with Crippen LogP contribution in [-0.2, 0) is 0 Å². The van der Waals surface area contributed by atoms with E-state index in [1.54, 1.807) is 35.6 Å². The molecule has 20 heavy (non-hydrogen) atoms. The van der Waals surface area contributed by atoms with E-state index in [0.29, 0.717) is 11.1 Å². The zero-order valence-corrected chi connectivity index (χ0v) is 11.8. The van der Waals surface area contributed by atoms with Gasteiger partial charge in [-0.25, -0.2) is 0 Å². The number of hydrogen-bond acceptors (Lipinski definition) is 3. The summed E-state index contributed by atoms with van der Waals surface area (Å²) in [5.74, 6) is 0.0259. The lowest BCUT2D eigenvalue weighted by atomic mass is 10.1. The molecule has 1 aromatic heterocycles. The Morgan fingerprint density at radius 1 is 1.35 bits per heavy atom. The number of nitrogens with zero attached hydrogens (tertiary/aromatic N) is 2. The van der Waals surface area contributed by atoms with Gasteiger partial charge >= 0.3 is 0 Å². The molecule has 0 radical (unpaired) electrons. The van der Waals surface area contributed by atoms with E-state index < -0.39 is 0 Å². The van der Waals surface area contributed by atoms with Crippen molar-refractivity contribution in [2.75, 3.05) is 6.54 Å². The van der Waals surface area contributed by atoms with Gasteiger partial charge < -0.3 is 4.90 Å². The maximum Gasteiger partial charge on any atom is 0.254 e. The molecule has 100 valence electrons. The van der Waals surface area contributed by atoms with Gasteiger partial charge in [-0.1, -0.05) is 12.1 Å². The first-order valence-electron chi connectivity index (χ1n) is 6.64. The van der Waals surface area contributed by atoms with Crippen LogP contribution in [0.4, 0.5) is 0 Å². The number of rotatable bonds is 2. The van der Waals surface area contributed by atoms with Gasteiger partial charge in [0.2, 0.25) is 0 Å². The van der Waals surface area contributed by atoms with Crippen molar-refractivity contribution >= 4 is 17.2 Å². The highest BCUT2D eigenvalue weighted by atomic mass is 32.1. The molecule has 3 rings (SSSR count). The standard InChI is InChI=1S/C16H14N2OS/c17-11-12-4-1-5-13(10-12)16(19)18-8-2-6-14(18)15-7-3-9-20-15/h1,3-5,7,9-10,14H,2,6,8H2/t14-/m0/s1. The Labute approximate surface area is 122 Å². The maximum absolute atomic E-state index is 12.6. The molecule has 1 saturated heterocycles. The number of amides is 1. The van der Waals surface area contributed by atoms with Crippen molar-refractivity contribution in [2.45, 2.75) is 18.9 Å². The molecule has 0 N–H and O–H groups in total. The van der Waals surface area contributed by atoms with E-state index in [1.807, 2.05) is 16.3 Å². The molecule has 1 aliphatic rings. The summed E-state index contributed by atoms with van der Waals surface area (Å²) in [5, 5.41) is 11.0. The highest BCUT2D eigenvalue weighted by Crippen LogP contribution is 2.35. The van der Waals surface area contributed by atoms with Crippen molar-refractivity contribution in [3.8, 4) is 6.07 Å². The second-order valence-corrected chi connectivity index (χ2v) is 5.84. The van der Waals surface area contributed by atoms with Gasteiger partial charge in [0.1, 0.15) is 0 Å². The zero-order valence-electron chi connectivity index (χ0n) is 11.0. The van der Waals surface area contributed by atoms with Crippen LogP contribution in [0, 0.1) is 11.3 Å². The molecule has 2 aromatic rings. The largest absolute Gasteiger partial charge is 0.331 e. The van der Waals surface area contributed by atoms with Crippen LogP contribution in [-0.4, -0.2) is 17.4 Å². The summed E-state index contributed by atoms with van der Waals surface area (Å²) in [5.41, 5.74) is 1.13. The molecule has 1 atom stereocenters. The average molecular weight is 282 g/mol. The van der Waals surface area contributed by atoms with E-state index in [9.17, 15) is 4.79 Å². The Bertz CT molecular complexity index is 657. The van der Waals surface area contributed by atoms with Crippen LogP contribution in [0.2, 0.25) is 0 Å². The fraction of sp³-hybridized carbons (Fsp3) is 0.250. The Balaban J connectivity index is 1.88. The van der Waals surface area contributed by atoms with Gasteiger partial charge in [0, 0.05) is 17.0 Å². The van der Waals surface area contributed by atoms with Gasteiger partial charge in [-0.3, -0.25) is 4.79 Å². The van der Waals surface area contributed by atoms with E-state index in [1.165, 1.54) is 4.88 Å². The molecule has 1 fully saturated rings. The minimum Gasteiger partial charge on any atom is -0.331 e. The summed E-state index contributed by atoms with van der Waals surface area (Å²) in [4.78, 5) is 15.8. The predicted octanol–water partition coefficient (Wildman–Crippen LogP) is 3.60. The first kappa shape index (κ1) is 12.9. The molecule has 0 aliphatic carbocycles. The van der Waals surface area contributed by atoms with Gasteiger partial charge in [0.25, 0.3) is 5.91 Å². The molecule has 4 heteroatoms. The zero-order chi connectivity index (χ0) is 13.9. The van der Waals surface area contributed by atoms with Crippen LogP contribution in [0.1, 0.15) is 39.7 Å². The minimum absolute atomic E-state index is 0.0259. The van der Waals surface area contributed by atoms with Crippen molar-refractivity contribution < 1.29 is 4.79 Å². The van der Waals surface area contributed by atoms with Gasteiger partial charge in [-0.05, 0) is 42.5 Å². The average Bonchev–Trinajstić information content (AvgIpc) is 3.16. The van der Waals surface area contributed by atoms with Crippen LogP contribution in [0.15, 0.2) is 41.8 Å². The second kappa shape index (κ2) is 5.48. The van der Waals surface area contributed by atoms with Gasteiger partial charge in [0.05, 0.1) is 17.7 Å². The molecular weight excluding hydrogens is 268 g/mol. The van der Waals surface area contributed by atoms with Crippen molar-refractivity contribution in [2.24, 2.45) is 0 Å². The summed E-state index contributed by atoms with van der Waals surface area (Å²) in [6.45, 7) is 0.790. The Morgan fingerprint density at radius 3 is 3.00 bits per heavy atom. The third-order valence-corrected chi connectivity index (χ3v) is 4.60. The Kier molecular flexibility index (Phi) is 3.53. The van der Waals surface area contributed by atoms with Crippen LogP contribution < -0.4 is 0 Å². The van der Waals surface area contributed by atoms with E-state index >= 15 is 0 Å². The summed E-state index contributed by atoms with van der Waals surface area (Å²) >= 11 is 1.70. The summed E-state index contributed by atoms with van der Waals surface area (Å²) in [6, 6.07) is 13.3. The molecule has 3 nitrogen and oxygen atoms in total. The van der Waals surface area contributed by atoms with Gasteiger partial charge in [0.15, 0.2) is 0 Å². The third-order valence-electron chi connectivity index (χ3n) is 3.62. The molecule has 0 saturated carbocycles.